The fraction of sp³-hybridized carbons (Fsp3) is 0.875. The molecule has 2 heteroatoms. The number of hydrogen-bond acceptors (Lipinski definition) is 2. The molecule has 1 aliphatic heterocycles. The molecule has 1 heterocycles. The molecule has 0 amide bonds. The first-order valence-electron chi connectivity index (χ1n) is 4.15. The van der Waals surface area contributed by atoms with Crippen LogP contribution in [0.5, 0.6) is 0 Å². The van der Waals surface area contributed by atoms with Crippen molar-refractivity contribution in [1.29, 1.82) is 0 Å². The van der Waals surface area contributed by atoms with Crippen LogP contribution in [0.1, 0.15) is 26.2 Å². The monoisotopic (exact) mass is 138 g/mol. The van der Waals surface area contributed by atoms with Crippen molar-refractivity contribution < 1.29 is 0 Å². The molecule has 1 N–H and O–H groups in total. The van der Waals surface area contributed by atoms with E-state index in [1.807, 2.05) is 0 Å². The lowest BCUT2D eigenvalue weighted by molar-refractivity contribution is 0.287. The Morgan fingerprint density at radius 3 is 3.30 bits per heavy atom. The minimum absolute atomic E-state index is 0.677. The van der Waals surface area contributed by atoms with Gasteiger partial charge in [-0.1, -0.05) is 6.92 Å². The van der Waals surface area contributed by atoms with E-state index < -0.39 is 0 Å². The second-order valence-electron chi connectivity index (χ2n) is 3.60. The van der Waals surface area contributed by atoms with Crippen LogP contribution in [0.15, 0.2) is 5.10 Å². The lowest BCUT2D eigenvalue weighted by Crippen LogP contribution is -2.32. The largest absolute Gasteiger partial charge is 0.307 e. The quantitative estimate of drug-likeness (QED) is 0.537. The lowest BCUT2D eigenvalue weighted by atomic mass is 9.80. The van der Waals surface area contributed by atoms with E-state index >= 15 is 0 Å². The average molecular weight is 138 g/mol. The van der Waals surface area contributed by atoms with Crippen molar-refractivity contribution in [1.82, 2.24) is 5.43 Å². The van der Waals surface area contributed by atoms with Gasteiger partial charge in [0.2, 0.25) is 0 Å². The molecule has 2 nitrogen and oxygen atoms in total. The van der Waals surface area contributed by atoms with Gasteiger partial charge in [0, 0.05) is 12.1 Å². The molecule has 10 heavy (non-hydrogen) atoms. The topological polar surface area (TPSA) is 24.4 Å². The fourth-order valence-electron chi connectivity index (χ4n) is 1.98. The summed E-state index contributed by atoms with van der Waals surface area (Å²) in [4.78, 5) is 0. The molecule has 0 spiro atoms. The van der Waals surface area contributed by atoms with Crippen LogP contribution in [0.2, 0.25) is 0 Å². The molecule has 0 bridgehead atoms. The predicted molar refractivity (Wildman–Crippen MR) is 41.9 cm³/mol. The Labute approximate surface area is 61.7 Å². The Balaban J connectivity index is 2.01. The number of nitrogens with one attached hydrogen (secondary N) is 1. The highest BCUT2D eigenvalue weighted by Gasteiger charge is 2.29. The third-order valence-corrected chi connectivity index (χ3v) is 2.67. The highest BCUT2D eigenvalue weighted by Crippen LogP contribution is 2.29. The zero-order valence-electron chi connectivity index (χ0n) is 6.38. The van der Waals surface area contributed by atoms with Crippen LogP contribution in [0.25, 0.3) is 0 Å². The number of hydrogen-bond donors (Lipinski definition) is 1. The lowest BCUT2D eigenvalue weighted by Gasteiger charge is -2.27. The second kappa shape index (κ2) is 2.26. The van der Waals surface area contributed by atoms with Gasteiger partial charge >= 0.3 is 0 Å². The molecule has 0 aromatic carbocycles. The highest BCUT2D eigenvalue weighted by molar-refractivity contribution is 5.63. The molecular formula is C8H14N2. The molecule has 0 aromatic heterocycles. The third-order valence-electron chi connectivity index (χ3n) is 2.67. The predicted octanol–water partition coefficient (Wildman–Crippen LogP) is 1.38. The fourth-order valence-corrected chi connectivity index (χ4v) is 1.98. The molecule has 1 saturated carbocycles. The zero-order chi connectivity index (χ0) is 6.97. The Morgan fingerprint density at radius 1 is 1.50 bits per heavy atom. The Hall–Kier alpha value is -0.530. The standard InChI is InChI=1S/C8H14N2/c1-6-2-3-8-7(4-6)5-9-10-8/h5-8,10H,2-4H2,1H3. The van der Waals surface area contributed by atoms with Crippen LogP contribution in [-0.2, 0) is 0 Å². The molecule has 1 aliphatic carbocycles. The van der Waals surface area contributed by atoms with Gasteiger partial charge in [-0.05, 0) is 25.2 Å². The maximum atomic E-state index is 4.09. The molecule has 3 unspecified atom stereocenters. The minimum atomic E-state index is 0.677. The number of nitrogens with zero attached hydrogens (tertiary/aromatic N) is 1. The zero-order valence-corrected chi connectivity index (χ0v) is 6.38. The summed E-state index contributed by atoms with van der Waals surface area (Å²) < 4.78 is 0. The van der Waals surface area contributed by atoms with Crippen molar-refractivity contribution in [2.24, 2.45) is 16.9 Å². The molecule has 0 saturated heterocycles. The number of rotatable bonds is 0. The maximum Gasteiger partial charge on any atom is 0.0518 e. The van der Waals surface area contributed by atoms with Crippen LogP contribution in [-0.4, -0.2) is 12.3 Å². The summed E-state index contributed by atoms with van der Waals surface area (Å²) in [6.07, 6.45) is 6.10. The van der Waals surface area contributed by atoms with Crippen molar-refractivity contribution in [2.45, 2.75) is 32.2 Å². The maximum absolute atomic E-state index is 4.09. The first kappa shape index (κ1) is 6.20. The van der Waals surface area contributed by atoms with Crippen LogP contribution in [0, 0.1) is 11.8 Å². The molecule has 0 aromatic rings. The Kier molecular flexibility index (Phi) is 1.40. The van der Waals surface area contributed by atoms with E-state index in [2.05, 4.69) is 23.7 Å². The third kappa shape index (κ3) is 0.917. The Morgan fingerprint density at radius 2 is 2.40 bits per heavy atom. The number of hydrazone groups is 1. The van der Waals surface area contributed by atoms with E-state index in [4.69, 9.17) is 0 Å². The smallest absolute Gasteiger partial charge is 0.0518 e. The van der Waals surface area contributed by atoms with Crippen LogP contribution in [0.4, 0.5) is 0 Å². The summed E-state index contributed by atoms with van der Waals surface area (Å²) in [6.45, 7) is 2.34. The van der Waals surface area contributed by atoms with Gasteiger partial charge in [0.05, 0.1) is 6.04 Å². The summed E-state index contributed by atoms with van der Waals surface area (Å²) in [5.41, 5.74) is 3.15. The van der Waals surface area contributed by atoms with Crippen molar-refractivity contribution in [3.05, 3.63) is 0 Å². The summed E-state index contributed by atoms with van der Waals surface area (Å²) in [7, 11) is 0. The molecule has 56 valence electrons. The van der Waals surface area contributed by atoms with Gasteiger partial charge in [0.1, 0.15) is 0 Å². The molecule has 1 fully saturated rings. The van der Waals surface area contributed by atoms with E-state index in [9.17, 15) is 0 Å². The van der Waals surface area contributed by atoms with Crippen LogP contribution < -0.4 is 5.43 Å². The van der Waals surface area contributed by atoms with E-state index in [-0.39, 0.29) is 0 Å². The number of fused-ring (bicyclic) bond motifs is 1. The first-order chi connectivity index (χ1) is 4.86. The molecule has 2 rings (SSSR count). The average Bonchev–Trinajstić information content (AvgIpc) is 2.33. The van der Waals surface area contributed by atoms with Gasteiger partial charge in [0.15, 0.2) is 0 Å². The van der Waals surface area contributed by atoms with E-state index in [1.54, 1.807) is 0 Å². The van der Waals surface area contributed by atoms with E-state index in [1.165, 1.54) is 19.3 Å². The first-order valence-corrected chi connectivity index (χ1v) is 4.15. The summed E-state index contributed by atoms with van der Waals surface area (Å²) >= 11 is 0. The highest BCUT2D eigenvalue weighted by atomic mass is 15.3. The summed E-state index contributed by atoms with van der Waals surface area (Å²) in [5.74, 6) is 1.65. The van der Waals surface area contributed by atoms with Crippen molar-refractivity contribution in [3.8, 4) is 0 Å². The normalized spacial score (nSPS) is 44.7. The van der Waals surface area contributed by atoms with Gasteiger partial charge in [0.25, 0.3) is 0 Å². The van der Waals surface area contributed by atoms with Crippen LogP contribution in [0.3, 0.4) is 0 Å². The SMILES string of the molecule is CC1CCC2NN=CC2C1. The van der Waals surface area contributed by atoms with Crippen molar-refractivity contribution in [3.63, 3.8) is 0 Å². The molecule has 3 atom stereocenters. The van der Waals surface area contributed by atoms with Gasteiger partial charge in [-0.25, -0.2) is 0 Å². The molecular weight excluding hydrogens is 124 g/mol. The summed E-state index contributed by atoms with van der Waals surface area (Å²) in [5, 5.41) is 4.09. The second-order valence-corrected chi connectivity index (χ2v) is 3.60. The van der Waals surface area contributed by atoms with E-state index in [0.717, 1.165) is 11.8 Å². The van der Waals surface area contributed by atoms with Gasteiger partial charge in [-0.15, -0.1) is 0 Å². The van der Waals surface area contributed by atoms with Crippen molar-refractivity contribution in [2.75, 3.05) is 0 Å². The Bertz CT molecular complexity index is 153. The molecule has 0 radical (unpaired) electrons. The van der Waals surface area contributed by atoms with Crippen molar-refractivity contribution >= 4 is 6.21 Å². The van der Waals surface area contributed by atoms with Gasteiger partial charge in [-0.2, -0.15) is 5.10 Å². The molecule has 2 aliphatic rings. The minimum Gasteiger partial charge on any atom is -0.307 e. The van der Waals surface area contributed by atoms with E-state index in [0.29, 0.717) is 6.04 Å². The van der Waals surface area contributed by atoms with Crippen LogP contribution >= 0.6 is 0 Å². The van der Waals surface area contributed by atoms with Gasteiger partial charge in [-0.3, -0.25) is 0 Å². The summed E-state index contributed by atoms with van der Waals surface area (Å²) in [6, 6.07) is 0.677. The van der Waals surface area contributed by atoms with Gasteiger partial charge < -0.3 is 5.43 Å².